The smallest absolute Gasteiger partial charge is 0.320 e. The summed E-state index contributed by atoms with van der Waals surface area (Å²) >= 11 is 0. The lowest BCUT2D eigenvalue weighted by molar-refractivity contribution is -0.142. The number of carboxylic acid groups (broad SMARTS) is 1. The fourth-order valence-electron chi connectivity index (χ4n) is 4.31. The normalized spacial score (nSPS) is 23.8. The Bertz CT molecular complexity index is 611. The van der Waals surface area contributed by atoms with Gasteiger partial charge in [-0.25, -0.2) is 9.97 Å². The van der Waals surface area contributed by atoms with Gasteiger partial charge in [-0.05, 0) is 51.5 Å². The number of carboxylic acids is 1. The maximum atomic E-state index is 11.6. The minimum atomic E-state index is -0.662. The fraction of sp³-hybridized carbons (Fsp3) is 0.722. The molecule has 2 fully saturated rings. The summed E-state index contributed by atoms with van der Waals surface area (Å²) in [5.74, 6) is 0.376. The topological polar surface area (TPSA) is 69.6 Å². The summed E-state index contributed by atoms with van der Waals surface area (Å²) in [5.41, 5.74) is 2.34. The molecule has 6 nitrogen and oxygen atoms in total. The van der Waals surface area contributed by atoms with Gasteiger partial charge in [-0.3, -0.25) is 9.69 Å². The first kappa shape index (κ1) is 17.1. The van der Waals surface area contributed by atoms with Crippen LogP contribution in [-0.2, 0) is 4.79 Å². The van der Waals surface area contributed by atoms with Crippen LogP contribution in [0, 0.1) is 19.3 Å². The number of rotatable bonds is 4. The number of likely N-dealkylation sites (tertiary alicyclic amines) is 1. The zero-order chi connectivity index (χ0) is 17.3. The summed E-state index contributed by atoms with van der Waals surface area (Å²) < 4.78 is 0. The average molecular weight is 332 g/mol. The molecule has 3 rings (SSSR count). The molecule has 24 heavy (non-hydrogen) atoms. The lowest BCUT2D eigenvalue weighted by Crippen LogP contribution is -2.42. The molecule has 0 aliphatic carbocycles. The van der Waals surface area contributed by atoms with Crippen LogP contribution in [0.2, 0.25) is 0 Å². The van der Waals surface area contributed by atoms with E-state index in [9.17, 15) is 9.90 Å². The maximum absolute atomic E-state index is 11.6. The van der Waals surface area contributed by atoms with Crippen molar-refractivity contribution >= 4 is 11.8 Å². The number of aryl methyl sites for hydroxylation is 1. The van der Waals surface area contributed by atoms with Crippen LogP contribution in [0.3, 0.4) is 0 Å². The van der Waals surface area contributed by atoms with Crippen LogP contribution in [0.5, 0.6) is 0 Å². The van der Waals surface area contributed by atoms with Gasteiger partial charge in [0.2, 0.25) is 0 Å². The van der Waals surface area contributed by atoms with Crippen LogP contribution >= 0.6 is 0 Å². The molecule has 1 N–H and O–H groups in total. The number of piperidine rings is 1. The van der Waals surface area contributed by atoms with E-state index in [1.165, 1.54) is 0 Å². The summed E-state index contributed by atoms with van der Waals surface area (Å²) in [4.78, 5) is 24.9. The summed E-state index contributed by atoms with van der Waals surface area (Å²) in [6.07, 6.45) is 5.52. The van der Waals surface area contributed by atoms with Crippen molar-refractivity contribution in [2.45, 2.75) is 52.5 Å². The van der Waals surface area contributed by atoms with E-state index in [1.807, 2.05) is 6.92 Å². The van der Waals surface area contributed by atoms with Crippen LogP contribution < -0.4 is 4.90 Å². The second kappa shape index (κ2) is 6.67. The molecule has 6 heteroatoms. The van der Waals surface area contributed by atoms with Crippen LogP contribution in [0.15, 0.2) is 6.33 Å². The minimum absolute atomic E-state index is 0.157. The first-order chi connectivity index (χ1) is 11.5. The zero-order valence-electron chi connectivity index (χ0n) is 15.0. The summed E-state index contributed by atoms with van der Waals surface area (Å²) in [6.45, 7) is 9.91. The van der Waals surface area contributed by atoms with E-state index in [0.29, 0.717) is 0 Å². The van der Waals surface area contributed by atoms with Gasteiger partial charge in [-0.15, -0.1) is 0 Å². The van der Waals surface area contributed by atoms with Crippen molar-refractivity contribution in [1.29, 1.82) is 0 Å². The number of aliphatic carboxylic acids is 1. The molecule has 1 atom stereocenters. The number of carbonyl (C=O) groups is 1. The van der Waals surface area contributed by atoms with Crippen LogP contribution in [0.1, 0.15) is 43.9 Å². The summed E-state index contributed by atoms with van der Waals surface area (Å²) in [5, 5.41) is 9.55. The molecule has 1 aromatic heterocycles. The highest BCUT2D eigenvalue weighted by atomic mass is 16.4. The van der Waals surface area contributed by atoms with Gasteiger partial charge in [0.05, 0.1) is 0 Å². The highest BCUT2D eigenvalue weighted by Crippen LogP contribution is 2.44. The van der Waals surface area contributed by atoms with Gasteiger partial charge in [-0.2, -0.15) is 0 Å². The Kier molecular flexibility index (Phi) is 4.76. The van der Waals surface area contributed by atoms with Gasteiger partial charge in [-0.1, -0.05) is 6.92 Å². The Hall–Kier alpha value is -1.69. The molecule has 132 valence electrons. The van der Waals surface area contributed by atoms with E-state index >= 15 is 0 Å². The largest absolute Gasteiger partial charge is 0.480 e. The monoisotopic (exact) mass is 332 g/mol. The quantitative estimate of drug-likeness (QED) is 0.912. The summed E-state index contributed by atoms with van der Waals surface area (Å²) in [6, 6.07) is -0.306. The Balaban J connectivity index is 1.70. The molecule has 0 saturated carbocycles. The highest BCUT2D eigenvalue weighted by molar-refractivity contribution is 5.74. The molecule has 1 aromatic rings. The Morgan fingerprint density at radius 1 is 1.33 bits per heavy atom. The molecule has 2 saturated heterocycles. The van der Waals surface area contributed by atoms with E-state index in [1.54, 1.807) is 6.33 Å². The number of hydrogen-bond acceptors (Lipinski definition) is 5. The van der Waals surface area contributed by atoms with Crippen molar-refractivity contribution in [2.24, 2.45) is 5.41 Å². The average Bonchev–Trinajstić information content (AvgIpc) is 2.90. The Morgan fingerprint density at radius 2 is 2.04 bits per heavy atom. The van der Waals surface area contributed by atoms with Crippen molar-refractivity contribution in [2.75, 3.05) is 31.1 Å². The molecule has 0 unspecified atom stereocenters. The third-order valence-corrected chi connectivity index (χ3v) is 5.83. The second-order valence-corrected chi connectivity index (χ2v) is 7.42. The Morgan fingerprint density at radius 3 is 2.67 bits per heavy atom. The molecule has 2 aliphatic heterocycles. The number of anilines is 1. The van der Waals surface area contributed by atoms with Crippen molar-refractivity contribution in [3.63, 3.8) is 0 Å². The molecule has 0 bridgehead atoms. The summed E-state index contributed by atoms with van der Waals surface area (Å²) in [7, 11) is 0. The lowest BCUT2D eigenvalue weighted by atomic mass is 9.76. The molecule has 0 amide bonds. The van der Waals surface area contributed by atoms with E-state index in [2.05, 4.69) is 33.6 Å². The van der Waals surface area contributed by atoms with Gasteiger partial charge in [0.25, 0.3) is 0 Å². The molecule has 1 spiro atoms. The van der Waals surface area contributed by atoms with E-state index < -0.39 is 5.97 Å². The number of hydrogen-bond donors (Lipinski definition) is 1. The molecule has 2 aliphatic rings. The van der Waals surface area contributed by atoms with E-state index in [4.69, 9.17) is 0 Å². The maximum Gasteiger partial charge on any atom is 0.320 e. The van der Waals surface area contributed by atoms with Crippen LogP contribution in [0.25, 0.3) is 0 Å². The Labute approximate surface area is 143 Å². The van der Waals surface area contributed by atoms with Crippen LogP contribution in [0.4, 0.5) is 5.82 Å². The minimum Gasteiger partial charge on any atom is -0.480 e. The zero-order valence-corrected chi connectivity index (χ0v) is 15.0. The fourth-order valence-corrected chi connectivity index (χ4v) is 4.31. The first-order valence-electron chi connectivity index (χ1n) is 8.96. The third-order valence-electron chi connectivity index (χ3n) is 5.83. The van der Waals surface area contributed by atoms with Gasteiger partial charge in [0, 0.05) is 30.9 Å². The standard InChI is InChI=1S/C18H28N4O2/c1-4-7-22-11-18(10-15(22)17(23)24)5-8-21(9-6-18)16-13(2)14(3)19-12-20-16/h12,15H,4-11H2,1-3H3,(H,23,24)/t15-/m0/s1. The van der Waals surface area contributed by atoms with Gasteiger partial charge < -0.3 is 10.0 Å². The van der Waals surface area contributed by atoms with Crippen LogP contribution in [-0.4, -0.2) is 58.2 Å². The van der Waals surface area contributed by atoms with Crippen molar-refractivity contribution in [1.82, 2.24) is 14.9 Å². The molecular weight excluding hydrogens is 304 g/mol. The van der Waals surface area contributed by atoms with E-state index in [-0.39, 0.29) is 11.5 Å². The molecule has 3 heterocycles. The van der Waals surface area contributed by atoms with Crippen molar-refractivity contribution in [3.8, 4) is 0 Å². The van der Waals surface area contributed by atoms with Crippen molar-refractivity contribution < 1.29 is 9.90 Å². The molecular formula is C18H28N4O2. The van der Waals surface area contributed by atoms with Gasteiger partial charge >= 0.3 is 5.97 Å². The highest BCUT2D eigenvalue weighted by Gasteiger charge is 2.47. The second-order valence-electron chi connectivity index (χ2n) is 7.42. The molecule has 0 aromatic carbocycles. The number of nitrogens with zero attached hydrogens (tertiary/aromatic N) is 4. The lowest BCUT2D eigenvalue weighted by Gasteiger charge is -2.40. The van der Waals surface area contributed by atoms with Gasteiger partial charge in [0.15, 0.2) is 0 Å². The predicted octanol–water partition coefficient (Wildman–Crippen LogP) is 2.25. The van der Waals surface area contributed by atoms with Gasteiger partial charge in [0.1, 0.15) is 18.2 Å². The predicted molar refractivity (Wildman–Crippen MR) is 93.3 cm³/mol. The van der Waals surface area contributed by atoms with Crippen molar-refractivity contribution in [3.05, 3.63) is 17.6 Å². The first-order valence-corrected chi connectivity index (χ1v) is 8.96. The molecule has 0 radical (unpaired) electrons. The van der Waals surface area contributed by atoms with E-state index in [0.717, 1.165) is 68.9 Å². The number of aromatic nitrogens is 2. The SMILES string of the molecule is CCCN1CC2(CCN(c3ncnc(C)c3C)CC2)C[C@H]1C(=O)O. The third kappa shape index (κ3) is 3.11.